The van der Waals surface area contributed by atoms with Gasteiger partial charge < -0.3 is 26.0 Å². The molecule has 9 nitrogen and oxygen atoms in total. The first-order valence-electron chi connectivity index (χ1n) is 6.23. The molecule has 132 valence electrons. The molecule has 0 spiro atoms. The molecule has 0 saturated carbocycles. The van der Waals surface area contributed by atoms with Crippen LogP contribution in [0.2, 0.25) is 0 Å². The maximum absolute atomic E-state index is 11.5. The second kappa shape index (κ2) is 8.92. The molecule has 1 aliphatic rings. The molecular formula is C11H15F3N2O7. The van der Waals surface area contributed by atoms with E-state index in [1.807, 2.05) is 0 Å². The summed E-state index contributed by atoms with van der Waals surface area (Å²) < 4.78 is 31.7. The number of carboxylic acids is 3. The van der Waals surface area contributed by atoms with Gasteiger partial charge in [0, 0.05) is 0 Å². The Labute approximate surface area is 127 Å². The Morgan fingerprint density at radius 2 is 1.70 bits per heavy atom. The summed E-state index contributed by atoms with van der Waals surface area (Å²) in [5.41, 5.74) is 0. The third-order valence-corrected chi connectivity index (χ3v) is 2.61. The summed E-state index contributed by atoms with van der Waals surface area (Å²) in [5.74, 6) is -5.81. The minimum absolute atomic E-state index is 0.407. The minimum atomic E-state index is -5.08. The number of rotatable bonds is 5. The van der Waals surface area contributed by atoms with Gasteiger partial charge in [-0.25, -0.2) is 9.59 Å². The van der Waals surface area contributed by atoms with Crippen molar-refractivity contribution in [1.82, 2.24) is 10.6 Å². The lowest BCUT2D eigenvalue weighted by atomic mass is 10.1. The van der Waals surface area contributed by atoms with Crippen LogP contribution in [0.1, 0.15) is 19.3 Å². The van der Waals surface area contributed by atoms with Gasteiger partial charge in [-0.3, -0.25) is 9.59 Å². The van der Waals surface area contributed by atoms with E-state index in [9.17, 15) is 27.6 Å². The van der Waals surface area contributed by atoms with Crippen molar-refractivity contribution >= 4 is 23.8 Å². The van der Waals surface area contributed by atoms with Crippen molar-refractivity contribution < 1.29 is 47.7 Å². The summed E-state index contributed by atoms with van der Waals surface area (Å²) in [6, 6.07) is -1.77. The quantitative estimate of drug-likeness (QED) is 0.444. The Kier molecular flexibility index (Phi) is 8.00. The number of amides is 1. The van der Waals surface area contributed by atoms with Crippen molar-refractivity contribution in [1.29, 1.82) is 0 Å². The Balaban J connectivity index is 0.000000585. The van der Waals surface area contributed by atoms with Crippen molar-refractivity contribution in [3.8, 4) is 0 Å². The van der Waals surface area contributed by atoms with Crippen LogP contribution in [0.5, 0.6) is 0 Å². The molecule has 1 fully saturated rings. The Bertz CT molecular complexity index is 461. The second-order valence-electron chi connectivity index (χ2n) is 4.45. The van der Waals surface area contributed by atoms with E-state index in [-0.39, 0.29) is 0 Å². The zero-order chi connectivity index (χ0) is 18.2. The van der Waals surface area contributed by atoms with Crippen LogP contribution < -0.4 is 10.6 Å². The normalized spacial score (nSPS) is 18.3. The van der Waals surface area contributed by atoms with Gasteiger partial charge in [-0.1, -0.05) is 0 Å². The van der Waals surface area contributed by atoms with E-state index in [4.69, 9.17) is 20.1 Å². The van der Waals surface area contributed by atoms with Gasteiger partial charge >= 0.3 is 24.1 Å². The molecule has 0 radical (unpaired) electrons. The van der Waals surface area contributed by atoms with Crippen LogP contribution in [0.3, 0.4) is 0 Å². The Hall–Kier alpha value is -2.37. The van der Waals surface area contributed by atoms with Crippen LogP contribution in [0, 0.1) is 0 Å². The largest absolute Gasteiger partial charge is 0.490 e. The molecule has 0 aromatic carbocycles. The van der Waals surface area contributed by atoms with Crippen molar-refractivity contribution in [2.24, 2.45) is 0 Å². The first kappa shape index (κ1) is 20.6. The molecule has 1 aliphatic heterocycles. The monoisotopic (exact) mass is 344 g/mol. The van der Waals surface area contributed by atoms with Crippen LogP contribution in [-0.2, 0) is 19.2 Å². The van der Waals surface area contributed by atoms with Crippen molar-refractivity contribution in [2.45, 2.75) is 37.5 Å². The summed E-state index contributed by atoms with van der Waals surface area (Å²) in [5, 5.41) is 29.4. The summed E-state index contributed by atoms with van der Waals surface area (Å²) in [6.07, 6.45) is -4.20. The highest BCUT2D eigenvalue weighted by molar-refractivity contribution is 5.89. The molecule has 23 heavy (non-hydrogen) atoms. The number of aliphatic carboxylic acids is 3. The van der Waals surface area contributed by atoms with Gasteiger partial charge in [-0.05, 0) is 19.4 Å². The highest BCUT2D eigenvalue weighted by atomic mass is 19.4. The molecule has 0 aliphatic carbocycles. The maximum Gasteiger partial charge on any atom is 0.490 e. The molecule has 5 N–H and O–H groups in total. The van der Waals surface area contributed by atoms with Crippen LogP contribution in [0.15, 0.2) is 0 Å². The molecule has 2 atom stereocenters. The number of alkyl halides is 3. The zero-order valence-electron chi connectivity index (χ0n) is 11.6. The van der Waals surface area contributed by atoms with Gasteiger partial charge in [0.15, 0.2) is 0 Å². The number of nitrogens with one attached hydrogen (secondary N) is 2. The summed E-state index contributed by atoms with van der Waals surface area (Å²) in [4.78, 5) is 41.5. The molecule has 0 aromatic heterocycles. The molecule has 1 amide bonds. The first-order chi connectivity index (χ1) is 10.4. The van der Waals surface area contributed by atoms with E-state index < -0.39 is 48.5 Å². The Morgan fingerprint density at radius 3 is 2.00 bits per heavy atom. The fourth-order valence-electron chi connectivity index (χ4n) is 1.56. The molecular weight excluding hydrogens is 329 g/mol. The minimum Gasteiger partial charge on any atom is -0.481 e. The van der Waals surface area contributed by atoms with Crippen LogP contribution in [-0.4, -0.2) is 63.9 Å². The topological polar surface area (TPSA) is 153 Å². The fourth-order valence-corrected chi connectivity index (χ4v) is 1.56. The summed E-state index contributed by atoms with van der Waals surface area (Å²) >= 11 is 0. The van der Waals surface area contributed by atoms with Gasteiger partial charge in [0.25, 0.3) is 0 Å². The van der Waals surface area contributed by atoms with E-state index in [0.717, 1.165) is 13.0 Å². The third kappa shape index (κ3) is 8.60. The lowest BCUT2D eigenvalue weighted by molar-refractivity contribution is -0.192. The third-order valence-electron chi connectivity index (χ3n) is 2.61. The van der Waals surface area contributed by atoms with E-state index in [1.165, 1.54) is 0 Å². The number of carbonyl (C=O) groups excluding carboxylic acids is 1. The number of hydrogen-bond donors (Lipinski definition) is 5. The van der Waals surface area contributed by atoms with Crippen molar-refractivity contribution in [3.63, 3.8) is 0 Å². The Morgan fingerprint density at radius 1 is 1.17 bits per heavy atom. The van der Waals surface area contributed by atoms with Crippen LogP contribution in [0.4, 0.5) is 13.2 Å². The maximum atomic E-state index is 11.5. The van der Waals surface area contributed by atoms with E-state index in [1.54, 1.807) is 0 Å². The lowest BCUT2D eigenvalue weighted by Crippen LogP contribution is -2.48. The van der Waals surface area contributed by atoms with Crippen LogP contribution in [0.25, 0.3) is 0 Å². The van der Waals surface area contributed by atoms with E-state index in [2.05, 4.69) is 10.6 Å². The van der Waals surface area contributed by atoms with E-state index in [0.29, 0.717) is 6.42 Å². The van der Waals surface area contributed by atoms with Gasteiger partial charge in [-0.15, -0.1) is 0 Å². The van der Waals surface area contributed by atoms with Gasteiger partial charge in [0.2, 0.25) is 5.91 Å². The number of carboxylic acid groups (broad SMARTS) is 3. The number of hydrogen-bond acceptors (Lipinski definition) is 5. The molecule has 1 heterocycles. The molecule has 0 aromatic rings. The SMILES string of the molecule is O=C(O)C(F)(F)F.O=C(O)C[C@H](NC(=O)[C@@H]1CCCN1)C(=O)O. The second-order valence-corrected chi connectivity index (χ2v) is 4.45. The van der Waals surface area contributed by atoms with Crippen LogP contribution >= 0.6 is 0 Å². The lowest BCUT2D eigenvalue weighted by Gasteiger charge is -2.15. The average Bonchev–Trinajstić information content (AvgIpc) is 2.90. The van der Waals surface area contributed by atoms with Crippen molar-refractivity contribution in [2.75, 3.05) is 6.54 Å². The number of carbonyl (C=O) groups is 4. The summed E-state index contributed by atoms with van der Waals surface area (Å²) in [6.45, 7) is 0.717. The first-order valence-corrected chi connectivity index (χ1v) is 6.23. The highest BCUT2D eigenvalue weighted by Crippen LogP contribution is 2.13. The predicted octanol–water partition coefficient (Wildman–Crippen LogP) is -0.584. The molecule has 0 unspecified atom stereocenters. The summed E-state index contributed by atoms with van der Waals surface area (Å²) in [7, 11) is 0. The van der Waals surface area contributed by atoms with Gasteiger partial charge in [0.1, 0.15) is 6.04 Å². The van der Waals surface area contributed by atoms with Gasteiger partial charge in [-0.2, -0.15) is 13.2 Å². The highest BCUT2D eigenvalue weighted by Gasteiger charge is 2.38. The predicted molar refractivity (Wildman–Crippen MR) is 66.5 cm³/mol. The molecule has 1 rings (SSSR count). The zero-order valence-corrected chi connectivity index (χ0v) is 11.6. The standard InChI is InChI=1S/C9H14N2O5.C2HF3O2/c12-7(13)4-6(9(15)16)11-8(14)5-2-1-3-10-5;3-2(4,5)1(6)7/h5-6,10H,1-4H2,(H,11,14)(H,12,13)(H,15,16);(H,6,7)/t5-,6-;/m0./s1. The molecule has 0 bridgehead atoms. The van der Waals surface area contributed by atoms with E-state index >= 15 is 0 Å². The smallest absolute Gasteiger partial charge is 0.481 e. The fraction of sp³-hybridized carbons (Fsp3) is 0.636. The van der Waals surface area contributed by atoms with Gasteiger partial charge in [0.05, 0.1) is 12.5 Å². The average molecular weight is 344 g/mol. The number of halogens is 3. The molecule has 12 heteroatoms. The molecule has 1 saturated heterocycles. The van der Waals surface area contributed by atoms with Crippen molar-refractivity contribution in [3.05, 3.63) is 0 Å².